The molecule has 218 valence electrons. The minimum atomic E-state index is -1.13. The number of para-hydroxylation sites is 1. The molecule has 2 aliphatic rings. The number of carbonyl (C=O) groups excluding carboxylic acids is 2. The Hall–Kier alpha value is -4.84. The molecule has 0 saturated carbocycles. The van der Waals surface area contributed by atoms with Crippen LogP contribution in [-0.2, 0) is 20.9 Å². The fourth-order valence-electron chi connectivity index (χ4n) is 5.27. The minimum Gasteiger partial charge on any atom is -0.497 e. The van der Waals surface area contributed by atoms with Crippen LogP contribution in [0.5, 0.6) is 23.0 Å². The van der Waals surface area contributed by atoms with Crippen molar-refractivity contribution in [3.05, 3.63) is 66.2 Å². The zero-order chi connectivity index (χ0) is 29.1. The largest absolute Gasteiger partial charge is 0.497 e. The smallest absolute Gasteiger partial charge is 0.249 e. The minimum absolute atomic E-state index is 0.0648. The van der Waals surface area contributed by atoms with Crippen LogP contribution in [0.4, 0.5) is 5.69 Å². The van der Waals surface area contributed by atoms with Crippen LogP contribution >= 0.6 is 0 Å². The Bertz CT molecular complexity index is 1600. The predicted octanol–water partition coefficient (Wildman–Crippen LogP) is 3.25. The molecule has 0 aliphatic carbocycles. The van der Waals surface area contributed by atoms with Crippen molar-refractivity contribution in [3.8, 4) is 23.0 Å². The zero-order valence-electron chi connectivity index (χ0n) is 23.3. The molecule has 1 N–H and O–H groups in total. The van der Waals surface area contributed by atoms with E-state index in [-0.39, 0.29) is 19.4 Å². The van der Waals surface area contributed by atoms with Crippen molar-refractivity contribution in [1.29, 1.82) is 0 Å². The quantitative estimate of drug-likeness (QED) is 0.304. The molecule has 1 aromatic heterocycles. The SMILES string of the molecule is COc1ccc(C(C(=O)NCC2CCCO2)N(C(=O)Cn2nnc3ccccc32)c2ccc3c(c2)OCO3)c(OC)c1. The van der Waals surface area contributed by atoms with E-state index in [4.69, 9.17) is 23.7 Å². The van der Waals surface area contributed by atoms with Crippen molar-refractivity contribution in [2.24, 2.45) is 0 Å². The van der Waals surface area contributed by atoms with Gasteiger partial charge in [0.1, 0.15) is 29.6 Å². The number of hydrogen-bond acceptors (Lipinski definition) is 9. The Morgan fingerprint density at radius 1 is 1.07 bits per heavy atom. The Morgan fingerprint density at radius 2 is 1.93 bits per heavy atom. The van der Waals surface area contributed by atoms with Crippen LogP contribution in [-0.4, -0.2) is 67.1 Å². The van der Waals surface area contributed by atoms with Gasteiger partial charge in [0, 0.05) is 36.5 Å². The van der Waals surface area contributed by atoms with E-state index in [1.807, 2.05) is 24.3 Å². The highest BCUT2D eigenvalue weighted by Crippen LogP contribution is 2.40. The normalized spacial score (nSPS) is 16.3. The number of nitrogens with zero attached hydrogens (tertiary/aromatic N) is 4. The van der Waals surface area contributed by atoms with Crippen LogP contribution in [0.25, 0.3) is 11.0 Å². The average molecular weight is 574 g/mol. The van der Waals surface area contributed by atoms with E-state index in [9.17, 15) is 9.59 Å². The summed E-state index contributed by atoms with van der Waals surface area (Å²) in [4.78, 5) is 29.9. The summed E-state index contributed by atoms with van der Waals surface area (Å²) in [6.07, 6.45) is 1.69. The first-order chi connectivity index (χ1) is 20.6. The Balaban J connectivity index is 1.44. The van der Waals surface area contributed by atoms with Crippen LogP contribution < -0.4 is 29.2 Å². The summed E-state index contributed by atoms with van der Waals surface area (Å²) < 4.78 is 29.5. The topological polar surface area (TPSA) is 126 Å². The second kappa shape index (κ2) is 12.0. The van der Waals surface area contributed by atoms with Crippen molar-refractivity contribution in [3.63, 3.8) is 0 Å². The number of benzene rings is 3. The highest BCUT2D eigenvalue weighted by molar-refractivity contribution is 6.02. The van der Waals surface area contributed by atoms with E-state index in [1.165, 1.54) is 16.7 Å². The summed E-state index contributed by atoms with van der Waals surface area (Å²) in [6.45, 7) is 0.854. The molecule has 12 nitrogen and oxygen atoms in total. The number of amides is 2. The van der Waals surface area contributed by atoms with E-state index >= 15 is 0 Å². The van der Waals surface area contributed by atoms with Gasteiger partial charge in [-0.25, -0.2) is 4.68 Å². The summed E-state index contributed by atoms with van der Waals surface area (Å²) >= 11 is 0. The van der Waals surface area contributed by atoms with Gasteiger partial charge in [0.2, 0.25) is 18.6 Å². The molecule has 4 aromatic rings. The van der Waals surface area contributed by atoms with Gasteiger partial charge < -0.3 is 29.0 Å². The third-order valence-electron chi connectivity index (χ3n) is 7.38. The van der Waals surface area contributed by atoms with Gasteiger partial charge in [-0.05, 0) is 49.2 Å². The zero-order valence-corrected chi connectivity index (χ0v) is 23.3. The molecule has 1 saturated heterocycles. The molecule has 6 rings (SSSR count). The number of nitrogens with one attached hydrogen (secondary N) is 1. The Morgan fingerprint density at radius 3 is 2.74 bits per heavy atom. The van der Waals surface area contributed by atoms with Gasteiger partial charge >= 0.3 is 0 Å². The molecule has 12 heteroatoms. The summed E-state index contributed by atoms with van der Waals surface area (Å²) in [5.41, 5.74) is 2.25. The van der Waals surface area contributed by atoms with Gasteiger partial charge in [0.15, 0.2) is 11.5 Å². The van der Waals surface area contributed by atoms with Crippen molar-refractivity contribution in [2.75, 3.05) is 39.1 Å². The number of aromatic nitrogens is 3. The van der Waals surface area contributed by atoms with E-state index < -0.39 is 17.9 Å². The van der Waals surface area contributed by atoms with Gasteiger partial charge in [-0.1, -0.05) is 17.3 Å². The lowest BCUT2D eigenvalue weighted by Crippen LogP contribution is -2.46. The second-order valence-corrected chi connectivity index (χ2v) is 9.93. The molecular weight excluding hydrogens is 542 g/mol. The van der Waals surface area contributed by atoms with E-state index in [2.05, 4.69) is 15.6 Å². The Kier molecular flexibility index (Phi) is 7.78. The van der Waals surface area contributed by atoms with Crippen LogP contribution in [0.2, 0.25) is 0 Å². The number of ether oxygens (including phenoxy) is 5. The first-order valence-electron chi connectivity index (χ1n) is 13.7. The molecule has 2 amide bonds. The highest BCUT2D eigenvalue weighted by Gasteiger charge is 2.36. The monoisotopic (exact) mass is 573 g/mol. The Labute approximate surface area is 242 Å². The van der Waals surface area contributed by atoms with Crippen LogP contribution in [0, 0.1) is 0 Å². The van der Waals surface area contributed by atoms with Crippen LogP contribution in [0.1, 0.15) is 24.4 Å². The molecule has 0 bridgehead atoms. The number of fused-ring (bicyclic) bond motifs is 2. The predicted molar refractivity (Wildman–Crippen MR) is 152 cm³/mol. The first-order valence-corrected chi connectivity index (χ1v) is 13.7. The molecule has 42 heavy (non-hydrogen) atoms. The summed E-state index contributed by atoms with van der Waals surface area (Å²) in [6, 6.07) is 16.5. The molecule has 0 radical (unpaired) electrons. The molecule has 2 aliphatic heterocycles. The second-order valence-electron chi connectivity index (χ2n) is 9.93. The number of hydrogen-bond donors (Lipinski definition) is 1. The van der Waals surface area contributed by atoms with Crippen molar-refractivity contribution >= 4 is 28.5 Å². The fraction of sp³-hybridized carbons (Fsp3) is 0.333. The van der Waals surface area contributed by atoms with Gasteiger partial charge in [-0.3, -0.25) is 14.5 Å². The maximum absolute atomic E-state index is 14.4. The van der Waals surface area contributed by atoms with Crippen LogP contribution in [0.3, 0.4) is 0 Å². The lowest BCUT2D eigenvalue weighted by atomic mass is 10.0. The van der Waals surface area contributed by atoms with Crippen molar-refractivity contribution in [1.82, 2.24) is 20.3 Å². The summed E-state index contributed by atoms with van der Waals surface area (Å²) in [5.74, 6) is 1.15. The lowest BCUT2D eigenvalue weighted by Gasteiger charge is -2.32. The van der Waals surface area contributed by atoms with E-state index in [1.54, 1.807) is 43.5 Å². The summed E-state index contributed by atoms with van der Waals surface area (Å²) in [5, 5.41) is 11.4. The number of carbonyl (C=O) groups is 2. The third-order valence-corrected chi connectivity index (χ3v) is 7.38. The third kappa shape index (κ3) is 5.40. The first kappa shape index (κ1) is 27.3. The fourth-order valence-corrected chi connectivity index (χ4v) is 5.27. The van der Waals surface area contributed by atoms with Gasteiger partial charge in [0.05, 0.1) is 25.8 Å². The van der Waals surface area contributed by atoms with E-state index in [0.717, 1.165) is 12.8 Å². The van der Waals surface area contributed by atoms with E-state index in [0.29, 0.717) is 58.4 Å². The molecule has 3 heterocycles. The highest BCUT2D eigenvalue weighted by atomic mass is 16.7. The molecule has 1 fully saturated rings. The van der Waals surface area contributed by atoms with Gasteiger partial charge in [-0.15, -0.1) is 5.10 Å². The van der Waals surface area contributed by atoms with Gasteiger partial charge in [0.25, 0.3) is 0 Å². The molecule has 3 aromatic carbocycles. The number of anilines is 1. The van der Waals surface area contributed by atoms with Crippen molar-refractivity contribution < 1.29 is 33.3 Å². The molecule has 0 spiro atoms. The number of methoxy groups -OCH3 is 2. The maximum Gasteiger partial charge on any atom is 0.249 e. The molecule has 2 unspecified atom stereocenters. The molecular formula is C30H31N5O7. The molecule has 2 atom stereocenters. The van der Waals surface area contributed by atoms with Gasteiger partial charge in [-0.2, -0.15) is 0 Å². The number of rotatable bonds is 10. The van der Waals surface area contributed by atoms with Crippen LogP contribution in [0.15, 0.2) is 60.7 Å². The summed E-state index contributed by atoms with van der Waals surface area (Å²) in [7, 11) is 3.05. The van der Waals surface area contributed by atoms with Crippen molar-refractivity contribution in [2.45, 2.75) is 31.5 Å². The maximum atomic E-state index is 14.4. The lowest BCUT2D eigenvalue weighted by molar-refractivity contribution is -0.127. The average Bonchev–Trinajstić information content (AvgIpc) is 3.80. The standard InChI is InChI=1S/C30H31N5O7/c1-38-20-10-11-22(26(15-20)39-2)29(30(37)31-16-21-6-5-13-40-21)35(19-9-12-25-27(14-19)42-18-41-25)28(36)17-34-24-8-4-3-7-23(24)32-33-34/h3-4,7-12,14-15,21,29H,5-6,13,16-18H2,1-2H3,(H,31,37).